The van der Waals surface area contributed by atoms with Gasteiger partial charge in [-0.25, -0.2) is 14.4 Å². The van der Waals surface area contributed by atoms with Crippen molar-refractivity contribution in [1.82, 2.24) is 14.9 Å². The lowest BCUT2D eigenvalue weighted by molar-refractivity contribution is -0.243. The summed E-state index contributed by atoms with van der Waals surface area (Å²) in [6.07, 6.45) is 9.16. The zero-order valence-corrected chi connectivity index (χ0v) is 16.7. The van der Waals surface area contributed by atoms with E-state index < -0.39 is 5.82 Å². The summed E-state index contributed by atoms with van der Waals surface area (Å²) in [4.78, 5) is 25.4. The zero-order chi connectivity index (χ0) is 19.5. The smallest absolute Gasteiger partial charge is 0.326 e. The predicted octanol–water partition coefficient (Wildman–Crippen LogP) is 2.78. The Balaban J connectivity index is 1.20. The SMILES string of the molecule is CCOC(=O)C12C[C@H]3C[C@H]([C@H]4CCN(c5ncc(F)cn5)[C@@H](C)C4)C[C@@H](C1)N32. The molecule has 152 valence electrons. The first-order chi connectivity index (χ1) is 13.5. The number of hydrogen-bond acceptors (Lipinski definition) is 6. The molecule has 6 atom stereocenters. The van der Waals surface area contributed by atoms with Crippen LogP contribution in [-0.2, 0) is 9.53 Å². The molecule has 1 unspecified atom stereocenters. The Bertz CT molecular complexity index is 741. The van der Waals surface area contributed by atoms with Crippen LogP contribution in [0.2, 0.25) is 0 Å². The van der Waals surface area contributed by atoms with Crippen LogP contribution in [0.4, 0.5) is 10.3 Å². The molecular formula is C21H29FN4O2. The van der Waals surface area contributed by atoms with Crippen LogP contribution in [-0.4, -0.2) is 57.7 Å². The number of aromatic nitrogens is 2. The summed E-state index contributed by atoms with van der Waals surface area (Å²) in [5.74, 6) is 1.71. The van der Waals surface area contributed by atoms with Crippen LogP contribution < -0.4 is 4.90 Å². The second kappa shape index (κ2) is 6.65. The Hall–Kier alpha value is -1.76. The minimum absolute atomic E-state index is 0.00202. The summed E-state index contributed by atoms with van der Waals surface area (Å²) in [6.45, 7) is 5.52. The monoisotopic (exact) mass is 388 g/mol. The van der Waals surface area contributed by atoms with Crippen molar-refractivity contribution in [2.75, 3.05) is 18.1 Å². The molecule has 0 saturated carbocycles. The van der Waals surface area contributed by atoms with Gasteiger partial charge in [0.15, 0.2) is 5.82 Å². The van der Waals surface area contributed by atoms with Crippen LogP contribution in [0, 0.1) is 17.7 Å². The molecule has 5 rings (SSSR count). The van der Waals surface area contributed by atoms with Gasteiger partial charge < -0.3 is 9.64 Å². The molecule has 0 aromatic carbocycles. The predicted molar refractivity (Wildman–Crippen MR) is 102 cm³/mol. The number of rotatable bonds is 4. The maximum atomic E-state index is 13.1. The normalized spacial score (nSPS) is 39.5. The van der Waals surface area contributed by atoms with Crippen molar-refractivity contribution >= 4 is 11.9 Å². The summed E-state index contributed by atoms with van der Waals surface area (Å²) < 4.78 is 18.4. The van der Waals surface area contributed by atoms with Crippen molar-refractivity contribution < 1.29 is 13.9 Å². The number of anilines is 1. The lowest BCUT2D eigenvalue weighted by Crippen LogP contribution is -2.83. The molecule has 6 nitrogen and oxygen atoms in total. The topological polar surface area (TPSA) is 58.6 Å². The fourth-order valence-corrected chi connectivity index (χ4v) is 6.54. The molecule has 5 heterocycles. The fraction of sp³-hybridized carbons (Fsp3) is 0.762. The van der Waals surface area contributed by atoms with Gasteiger partial charge in [0.1, 0.15) is 5.54 Å². The largest absolute Gasteiger partial charge is 0.465 e. The lowest BCUT2D eigenvalue weighted by atomic mass is 9.56. The number of carbonyl (C=O) groups is 1. The molecule has 28 heavy (non-hydrogen) atoms. The van der Waals surface area contributed by atoms with E-state index in [2.05, 4.69) is 26.7 Å². The van der Waals surface area contributed by atoms with Gasteiger partial charge in [-0.3, -0.25) is 9.69 Å². The van der Waals surface area contributed by atoms with Crippen LogP contribution in [0.15, 0.2) is 12.4 Å². The average molecular weight is 388 g/mol. The van der Waals surface area contributed by atoms with E-state index in [1.807, 2.05) is 6.92 Å². The van der Waals surface area contributed by atoms with Crippen molar-refractivity contribution in [1.29, 1.82) is 0 Å². The maximum Gasteiger partial charge on any atom is 0.326 e. The van der Waals surface area contributed by atoms with Crippen molar-refractivity contribution in [2.24, 2.45) is 11.8 Å². The highest BCUT2D eigenvalue weighted by Gasteiger charge is 2.70. The van der Waals surface area contributed by atoms with Gasteiger partial charge in [0.2, 0.25) is 5.95 Å². The number of esters is 1. The summed E-state index contributed by atoms with van der Waals surface area (Å²) in [5, 5.41) is 0. The Morgan fingerprint density at radius 1 is 1.21 bits per heavy atom. The standard InChI is InChI=1S/C21H29FN4O2/c1-3-28-19(27)21-9-17-7-15(8-18(10-21)26(17)21)14-4-5-25(13(2)6-14)20-23-11-16(22)12-24-20/h11-15,17-18H,3-10H2,1-2H3/t13-,14-,15-,17+,18-,21?/m0/s1. The Morgan fingerprint density at radius 3 is 2.50 bits per heavy atom. The third-order valence-corrected chi connectivity index (χ3v) is 7.68. The van der Waals surface area contributed by atoms with Gasteiger partial charge in [-0.05, 0) is 64.2 Å². The van der Waals surface area contributed by atoms with Crippen LogP contribution in [0.1, 0.15) is 52.4 Å². The molecule has 4 saturated heterocycles. The van der Waals surface area contributed by atoms with Gasteiger partial charge in [-0.2, -0.15) is 0 Å². The summed E-state index contributed by atoms with van der Waals surface area (Å²) >= 11 is 0. The van der Waals surface area contributed by atoms with Crippen LogP contribution in [0.3, 0.4) is 0 Å². The highest BCUT2D eigenvalue weighted by atomic mass is 19.1. The first-order valence-corrected chi connectivity index (χ1v) is 10.7. The molecule has 0 aliphatic carbocycles. The number of ether oxygens (including phenoxy) is 1. The third-order valence-electron chi connectivity index (χ3n) is 7.68. The summed E-state index contributed by atoms with van der Waals surface area (Å²) in [6, 6.07) is 1.50. The Morgan fingerprint density at radius 2 is 1.89 bits per heavy atom. The average Bonchev–Trinajstić information content (AvgIpc) is 2.64. The van der Waals surface area contributed by atoms with Crippen LogP contribution in [0.25, 0.3) is 0 Å². The Kier molecular flexibility index (Phi) is 4.34. The van der Waals surface area contributed by atoms with Gasteiger partial charge in [0.25, 0.3) is 0 Å². The quantitative estimate of drug-likeness (QED) is 0.740. The molecule has 1 aromatic heterocycles. The van der Waals surface area contributed by atoms with Crippen molar-refractivity contribution in [3.05, 3.63) is 18.2 Å². The van der Waals surface area contributed by atoms with Gasteiger partial charge >= 0.3 is 5.97 Å². The number of piperidine rings is 3. The maximum absolute atomic E-state index is 13.1. The van der Waals surface area contributed by atoms with E-state index in [0.29, 0.717) is 36.6 Å². The second-order valence-corrected chi connectivity index (χ2v) is 9.13. The highest BCUT2D eigenvalue weighted by Crippen LogP contribution is 2.59. The molecule has 0 spiro atoms. The highest BCUT2D eigenvalue weighted by molar-refractivity contribution is 5.84. The zero-order valence-electron chi connectivity index (χ0n) is 16.7. The van der Waals surface area contributed by atoms with Gasteiger partial charge in [-0.1, -0.05) is 0 Å². The van der Waals surface area contributed by atoms with Crippen LogP contribution >= 0.6 is 0 Å². The number of nitrogens with zero attached hydrogens (tertiary/aromatic N) is 4. The number of halogens is 1. The molecule has 7 heteroatoms. The minimum atomic E-state index is -0.391. The minimum Gasteiger partial charge on any atom is -0.465 e. The first kappa shape index (κ1) is 18.3. The number of carbonyl (C=O) groups excluding carboxylic acids is 1. The summed E-state index contributed by atoms with van der Waals surface area (Å²) in [7, 11) is 0. The first-order valence-electron chi connectivity index (χ1n) is 10.7. The van der Waals surface area contributed by atoms with E-state index in [4.69, 9.17) is 4.74 Å². The Labute approximate surface area is 165 Å². The van der Waals surface area contributed by atoms with Gasteiger partial charge in [-0.15, -0.1) is 0 Å². The van der Waals surface area contributed by atoms with Crippen molar-refractivity contribution in [3.8, 4) is 0 Å². The van der Waals surface area contributed by atoms with Crippen molar-refractivity contribution in [2.45, 2.75) is 76.0 Å². The van der Waals surface area contributed by atoms with E-state index >= 15 is 0 Å². The van der Waals surface area contributed by atoms with Crippen LogP contribution in [0.5, 0.6) is 0 Å². The molecule has 4 aliphatic rings. The van der Waals surface area contributed by atoms with E-state index in [-0.39, 0.29) is 11.5 Å². The molecule has 4 aliphatic heterocycles. The molecule has 4 fully saturated rings. The molecule has 0 N–H and O–H groups in total. The fourth-order valence-electron chi connectivity index (χ4n) is 6.54. The summed E-state index contributed by atoms with van der Waals surface area (Å²) in [5.41, 5.74) is -0.271. The molecule has 0 radical (unpaired) electrons. The van der Waals surface area contributed by atoms with E-state index in [9.17, 15) is 9.18 Å². The molecule has 1 aromatic rings. The van der Waals surface area contributed by atoms with Crippen molar-refractivity contribution in [3.63, 3.8) is 0 Å². The van der Waals surface area contributed by atoms with Gasteiger partial charge in [0.05, 0.1) is 19.0 Å². The number of hydrogen-bond donors (Lipinski definition) is 0. The van der Waals surface area contributed by atoms with Gasteiger partial charge in [0, 0.05) is 24.7 Å². The van der Waals surface area contributed by atoms with E-state index in [0.717, 1.165) is 38.1 Å². The second-order valence-electron chi connectivity index (χ2n) is 9.13. The van der Waals surface area contributed by atoms with E-state index in [1.165, 1.54) is 25.2 Å². The third kappa shape index (κ3) is 2.65. The molecule has 0 amide bonds. The van der Waals surface area contributed by atoms with E-state index in [1.54, 1.807) is 0 Å². The molecule has 0 bridgehead atoms. The molecular weight excluding hydrogens is 359 g/mol. The lowest BCUT2D eigenvalue weighted by Gasteiger charge is -2.72.